The predicted molar refractivity (Wildman–Crippen MR) is 63.0 cm³/mol. The smallest absolute Gasteiger partial charge is 0.213 e. The highest BCUT2D eigenvalue weighted by molar-refractivity contribution is 5.38. The van der Waals surface area contributed by atoms with Crippen LogP contribution in [-0.4, -0.2) is 15.2 Å². The van der Waals surface area contributed by atoms with Crippen molar-refractivity contribution in [2.24, 2.45) is 0 Å². The molecule has 0 bridgehead atoms. The van der Waals surface area contributed by atoms with Crippen LogP contribution in [0.3, 0.4) is 0 Å². The summed E-state index contributed by atoms with van der Waals surface area (Å²) in [6.07, 6.45) is 3.79. The Balaban J connectivity index is 1.75. The van der Waals surface area contributed by atoms with Crippen molar-refractivity contribution in [3.63, 3.8) is 0 Å². The van der Waals surface area contributed by atoms with Crippen LogP contribution in [0.1, 0.15) is 35.9 Å². The van der Waals surface area contributed by atoms with Crippen LogP contribution in [-0.2, 0) is 13.0 Å². The molecule has 5 heteroatoms. The predicted octanol–water partition coefficient (Wildman–Crippen LogP) is 2.02. The van der Waals surface area contributed by atoms with Crippen molar-refractivity contribution in [1.82, 2.24) is 10.1 Å². The Labute approximate surface area is 104 Å². The van der Waals surface area contributed by atoms with E-state index in [1.54, 1.807) is 0 Å². The third kappa shape index (κ3) is 2.22. The fourth-order valence-electron chi connectivity index (χ4n) is 2.25. The summed E-state index contributed by atoms with van der Waals surface area (Å²) in [5, 5.41) is 13.6. The number of aromatic nitrogens is 2. The second-order valence-electron chi connectivity index (χ2n) is 4.40. The molecule has 0 amide bonds. The van der Waals surface area contributed by atoms with E-state index in [4.69, 9.17) is 4.74 Å². The number of ether oxygens (including phenoxy) is 1. The van der Waals surface area contributed by atoms with E-state index in [-0.39, 0.29) is 12.7 Å². The molecule has 1 N–H and O–H groups in total. The third-order valence-corrected chi connectivity index (χ3v) is 3.17. The maximum absolute atomic E-state index is 9.94. The molecular weight excluding hydrogens is 232 g/mol. The number of aryl methyl sites for hydroxylation is 1. The second-order valence-corrected chi connectivity index (χ2v) is 4.40. The summed E-state index contributed by atoms with van der Waals surface area (Å²) < 4.78 is 10.2. The molecular formula is C13H14N2O3. The van der Waals surface area contributed by atoms with Gasteiger partial charge in [-0.05, 0) is 42.5 Å². The van der Waals surface area contributed by atoms with Gasteiger partial charge in [0, 0.05) is 0 Å². The molecule has 0 radical (unpaired) electrons. The minimum atomic E-state index is -0.373. The van der Waals surface area contributed by atoms with Gasteiger partial charge in [-0.3, -0.25) is 0 Å². The van der Waals surface area contributed by atoms with E-state index in [9.17, 15) is 5.11 Å². The van der Waals surface area contributed by atoms with E-state index in [1.165, 1.54) is 12.0 Å². The molecule has 1 aliphatic carbocycles. The van der Waals surface area contributed by atoms with Crippen molar-refractivity contribution in [3.05, 3.63) is 41.5 Å². The van der Waals surface area contributed by atoms with E-state index >= 15 is 0 Å². The van der Waals surface area contributed by atoms with Gasteiger partial charge in [-0.1, -0.05) is 11.2 Å². The third-order valence-electron chi connectivity index (χ3n) is 3.17. The molecule has 3 rings (SSSR count). The summed E-state index contributed by atoms with van der Waals surface area (Å²) >= 11 is 0. The highest BCUT2D eigenvalue weighted by atomic mass is 16.5. The fourth-order valence-corrected chi connectivity index (χ4v) is 2.25. The summed E-state index contributed by atoms with van der Waals surface area (Å²) in [5.74, 6) is 1.23. The van der Waals surface area contributed by atoms with Crippen LogP contribution < -0.4 is 4.74 Å². The van der Waals surface area contributed by atoms with Gasteiger partial charge in [0.05, 0.1) is 6.10 Å². The Kier molecular flexibility index (Phi) is 2.98. The van der Waals surface area contributed by atoms with Crippen molar-refractivity contribution in [1.29, 1.82) is 0 Å². The summed E-state index contributed by atoms with van der Waals surface area (Å²) in [5.41, 5.74) is 2.19. The molecule has 0 saturated heterocycles. The number of nitrogens with zero attached hydrogens (tertiary/aromatic N) is 2. The highest BCUT2D eigenvalue weighted by Crippen LogP contribution is 2.32. The summed E-state index contributed by atoms with van der Waals surface area (Å²) in [7, 11) is 0. The van der Waals surface area contributed by atoms with Gasteiger partial charge >= 0.3 is 0 Å². The molecule has 0 aliphatic heterocycles. The van der Waals surface area contributed by atoms with E-state index in [0.29, 0.717) is 5.82 Å². The summed E-state index contributed by atoms with van der Waals surface area (Å²) in [6, 6.07) is 5.83. The van der Waals surface area contributed by atoms with Crippen molar-refractivity contribution < 1.29 is 14.4 Å². The molecule has 18 heavy (non-hydrogen) atoms. The first kappa shape index (κ1) is 11.2. The molecule has 0 saturated carbocycles. The number of aliphatic hydroxyl groups excluding tert-OH is 1. The lowest BCUT2D eigenvalue weighted by Crippen LogP contribution is -2.09. The average Bonchev–Trinajstić information content (AvgIpc) is 2.90. The molecule has 1 aliphatic rings. The zero-order valence-corrected chi connectivity index (χ0v) is 9.87. The van der Waals surface area contributed by atoms with Gasteiger partial charge in [0.1, 0.15) is 5.75 Å². The Hall–Kier alpha value is -1.88. The van der Waals surface area contributed by atoms with E-state index in [2.05, 4.69) is 14.7 Å². The number of benzene rings is 1. The van der Waals surface area contributed by atoms with E-state index in [1.807, 2.05) is 18.2 Å². The molecule has 94 valence electrons. The SMILES string of the molecule is O[C@@H]1CCCc2ccc(OCc3ncon3)cc21. The van der Waals surface area contributed by atoms with Gasteiger partial charge in [0.25, 0.3) is 0 Å². The average molecular weight is 246 g/mol. The van der Waals surface area contributed by atoms with Crippen molar-refractivity contribution in [3.8, 4) is 5.75 Å². The van der Waals surface area contributed by atoms with Gasteiger partial charge in [-0.25, -0.2) is 0 Å². The lowest BCUT2D eigenvalue weighted by molar-refractivity contribution is 0.156. The van der Waals surface area contributed by atoms with Crippen LogP contribution in [0.2, 0.25) is 0 Å². The highest BCUT2D eigenvalue weighted by Gasteiger charge is 2.18. The van der Waals surface area contributed by atoms with Crippen LogP contribution in [0.4, 0.5) is 0 Å². The number of rotatable bonds is 3. The molecule has 2 aromatic rings. The molecule has 1 atom stereocenters. The van der Waals surface area contributed by atoms with Gasteiger partial charge in [-0.15, -0.1) is 0 Å². The van der Waals surface area contributed by atoms with Crippen molar-refractivity contribution >= 4 is 0 Å². The van der Waals surface area contributed by atoms with Crippen LogP contribution in [0, 0.1) is 0 Å². The molecule has 1 aromatic carbocycles. The van der Waals surface area contributed by atoms with E-state index < -0.39 is 0 Å². The molecule has 5 nitrogen and oxygen atoms in total. The first-order valence-electron chi connectivity index (χ1n) is 6.02. The first-order valence-corrected chi connectivity index (χ1v) is 6.02. The Morgan fingerprint density at radius 3 is 3.22 bits per heavy atom. The number of aliphatic hydroxyl groups is 1. The van der Waals surface area contributed by atoms with Gasteiger partial charge in [0.15, 0.2) is 6.61 Å². The standard InChI is InChI=1S/C13H14N2O3/c16-12-3-1-2-9-4-5-10(6-11(9)12)17-7-13-14-8-18-15-13/h4-6,8,12,16H,1-3,7H2/t12-/m1/s1. The molecule has 1 heterocycles. The monoisotopic (exact) mass is 246 g/mol. The number of fused-ring (bicyclic) bond motifs is 1. The number of hydrogen-bond donors (Lipinski definition) is 1. The molecule has 0 unspecified atom stereocenters. The minimum Gasteiger partial charge on any atom is -0.485 e. The maximum Gasteiger partial charge on any atom is 0.213 e. The van der Waals surface area contributed by atoms with Crippen molar-refractivity contribution in [2.75, 3.05) is 0 Å². The Morgan fingerprint density at radius 1 is 1.44 bits per heavy atom. The van der Waals surface area contributed by atoms with E-state index in [0.717, 1.165) is 30.6 Å². The normalized spacial score (nSPS) is 18.4. The largest absolute Gasteiger partial charge is 0.485 e. The van der Waals surface area contributed by atoms with Gasteiger partial charge < -0.3 is 14.4 Å². The second kappa shape index (κ2) is 4.78. The van der Waals surface area contributed by atoms with Gasteiger partial charge in [0.2, 0.25) is 12.2 Å². The quantitative estimate of drug-likeness (QED) is 0.897. The molecule has 0 spiro atoms. The molecule has 0 fully saturated rings. The van der Waals surface area contributed by atoms with Crippen LogP contribution >= 0.6 is 0 Å². The number of hydrogen-bond acceptors (Lipinski definition) is 5. The minimum absolute atomic E-state index is 0.269. The van der Waals surface area contributed by atoms with Crippen LogP contribution in [0.5, 0.6) is 5.75 Å². The molecule has 1 aromatic heterocycles. The first-order chi connectivity index (χ1) is 8.83. The topological polar surface area (TPSA) is 68.4 Å². The van der Waals surface area contributed by atoms with Gasteiger partial charge in [-0.2, -0.15) is 4.98 Å². The fraction of sp³-hybridized carbons (Fsp3) is 0.385. The zero-order valence-electron chi connectivity index (χ0n) is 9.87. The Bertz CT molecular complexity index is 525. The zero-order chi connectivity index (χ0) is 12.4. The summed E-state index contributed by atoms with van der Waals surface area (Å²) in [6.45, 7) is 0.269. The summed E-state index contributed by atoms with van der Waals surface area (Å²) in [4.78, 5) is 3.88. The lowest BCUT2D eigenvalue weighted by atomic mass is 9.89. The van der Waals surface area contributed by atoms with Crippen molar-refractivity contribution in [2.45, 2.75) is 32.0 Å². The lowest BCUT2D eigenvalue weighted by Gasteiger charge is -2.21. The Morgan fingerprint density at radius 2 is 2.39 bits per heavy atom. The maximum atomic E-state index is 9.94. The van der Waals surface area contributed by atoms with Crippen LogP contribution in [0.25, 0.3) is 0 Å². The van der Waals surface area contributed by atoms with Crippen LogP contribution in [0.15, 0.2) is 29.1 Å².